The minimum atomic E-state index is -0.821. The Labute approximate surface area is 143 Å². The summed E-state index contributed by atoms with van der Waals surface area (Å²) < 4.78 is 10.8. The molecule has 0 unspecified atom stereocenters. The summed E-state index contributed by atoms with van der Waals surface area (Å²) in [6, 6.07) is 17.2. The fraction of sp³-hybridized carbons (Fsp3) is 0.350. The second-order valence-corrected chi connectivity index (χ2v) is 6.38. The number of carbonyl (C=O) groups excluding carboxylic acids is 1. The molecule has 0 aliphatic carbocycles. The Morgan fingerprint density at radius 3 is 1.88 bits per heavy atom. The molecule has 4 heteroatoms. The van der Waals surface area contributed by atoms with Gasteiger partial charge in [0.05, 0.1) is 5.54 Å². The first-order valence-electron chi connectivity index (χ1n) is 7.91. The second-order valence-electron chi connectivity index (χ2n) is 6.38. The number of ether oxygens (including phenoxy) is 2. The highest BCUT2D eigenvalue weighted by Gasteiger charge is 2.26. The maximum Gasteiger partial charge on any atom is 0.251 e. The SMILES string of the molecule is COC(C)(OC)c1ccc(C(=O)NC(C)(C)c2ccccc2)cc1. The lowest BCUT2D eigenvalue weighted by Gasteiger charge is -2.28. The van der Waals surface area contributed by atoms with E-state index < -0.39 is 11.3 Å². The van der Waals surface area contributed by atoms with E-state index in [9.17, 15) is 4.79 Å². The number of methoxy groups -OCH3 is 2. The third-order valence-corrected chi connectivity index (χ3v) is 4.37. The van der Waals surface area contributed by atoms with Crippen molar-refractivity contribution in [2.45, 2.75) is 32.1 Å². The molecule has 0 spiro atoms. The number of carbonyl (C=O) groups is 1. The molecule has 24 heavy (non-hydrogen) atoms. The summed E-state index contributed by atoms with van der Waals surface area (Å²) in [5.74, 6) is -0.940. The molecule has 2 aromatic carbocycles. The van der Waals surface area contributed by atoms with Crippen molar-refractivity contribution < 1.29 is 14.3 Å². The first-order chi connectivity index (χ1) is 11.3. The number of benzene rings is 2. The topological polar surface area (TPSA) is 47.6 Å². The molecule has 128 valence electrons. The number of amides is 1. The van der Waals surface area contributed by atoms with Gasteiger partial charge in [0, 0.05) is 25.3 Å². The van der Waals surface area contributed by atoms with Gasteiger partial charge in [-0.2, -0.15) is 0 Å². The minimum Gasteiger partial charge on any atom is -0.349 e. The predicted octanol–water partition coefficient (Wildman–Crippen LogP) is 3.82. The van der Waals surface area contributed by atoms with Gasteiger partial charge in [-0.05, 0) is 38.5 Å². The summed E-state index contributed by atoms with van der Waals surface area (Å²) in [5, 5.41) is 3.07. The van der Waals surface area contributed by atoms with Gasteiger partial charge in [0.1, 0.15) is 0 Å². The van der Waals surface area contributed by atoms with Gasteiger partial charge >= 0.3 is 0 Å². The van der Waals surface area contributed by atoms with Crippen LogP contribution in [0.4, 0.5) is 0 Å². The zero-order chi connectivity index (χ0) is 17.8. The molecular weight excluding hydrogens is 302 g/mol. The summed E-state index contributed by atoms with van der Waals surface area (Å²) in [7, 11) is 3.18. The molecule has 0 aliphatic heterocycles. The first-order valence-corrected chi connectivity index (χ1v) is 7.91. The van der Waals surface area contributed by atoms with Crippen LogP contribution in [0.1, 0.15) is 42.3 Å². The molecule has 0 fully saturated rings. The van der Waals surface area contributed by atoms with Gasteiger partial charge in [0.15, 0.2) is 5.79 Å². The summed E-state index contributed by atoms with van der Waals surface area (Å²) in [4.78, 5) is 12.6. The Hall–Kier alpha value is -2.17. The molecular formula is C20H25NO3. The lowest BCUT2D eigenvalue weighted by atomic mass is 9.94. The van der Waals surface area contributed by atoms with Crippen LogP contribution in [-0.2, 0) is 20.8 Å². The zero-order valence-corrected chi connectivity index (χ0v) is 14.9. The Morgan fingerprint density at radius 1 is 0.833 bits per heavy atom. The number of rotatable bonds is 6. The Morgan fingerprint density at radius 2 is 1.38 bits per heavy atom. The van der Waals surface area contributed by atoms with Gasteiger partial charge in [-0.3, -0.25) is 4.79 Å². The monoisotopic (exact) mass is 327 g/mol. The predicted molar refractivity (Wildman–Crippen MR) is 94.7 cm³/mol. The number of hydrogen-bond acceptors (Lipinski definition) is 3. The molecule has 1 N–H and O–H groups in total. The Bertz CT molecular complexity index is 674. The van der Waals surface area contributed by atoms with Crippen molar-refractivity contribution >= 4 is 5.91 Å². The van der Waals surface area contributed by atoms with Gasteiger partial charge in [0.25, 0.3) is 5.91 Å². The van der Waals surface area contributed by atoms with E-state index in [2.05, 4.69) is 5.32 Å². The highest BCUT2D eigenvalue weighted by atomic mass is 16.7. The fourth-order valence-electron chi connectivity index (χ4n) is 2.53. The molecule has 0 bridgehead atoms. The lowest BCUT2D eigenvalue weighted by molar-refractivity contribution is -0.201. The molecule has 1 amide bonds. The minimum absolute atomic E-state index is 0.119. The highest BCUT2D eigenvalue weighted by molar-refractivity contribution is 5.94. The molecule has 0 heterocycles. The Kier molecular flexibility index (Phi) is 5.42. The maximum absolute atomic E-state index is 12.6. The second kappa shape index (κ2) is 7.16. The van der Waals surface area contributed by atoms with E-state index in [0.29, 0.717) is 5.56 Å². The van der Waals surface area contributed by atoms with E-state index in [-0.39, 0.29) is 5.91 Å². The van der Waals surface area contributed by atoms with E-state index in [1.807, 2.05) is 63.2 Å². The van der Waals surface area contributed by atoms with Crippen molar-refractivity contribution in [3.63, 3.8) is 0 Å². The van der Waals surface area contributed by atoms with E-state index >= 15 is 0 Å². The van der Waals surface area contributed by atoms with E-state index in [4.69, 9.17) is 9.47 Å². The summed E-state index contributed by atoms with van der Waals surface area (Å²) >= 11 is 0. The van der Waals surface area contributed by atoms with Crippen LogP contribution in [0.2, 0.25) is 0 Å². The maximum atomic E-state index is 12.6. The van der Waals surface area contributed by atoms with Crippen LogP contribution < -0.4 is 5.32 Å². The molecule has 0 saturated heterocycles. The van der Waals surface area contributed by atoms with E-state index in [0.717, 1.165) is 11.1 Å². The van der Waals surface area contributed by atoms with Gasteiger partial charge in [-0.1, -0.05) is 42.5 Å². The smallest absolute Gasteiger partial charge is 0.251 e. The molecule has 2 aromatic rings. The fourth-order valence-corrected chi connectivity index (χ4v) is 2.53. The Balaban J connectivity index is 2.16. The van der Waals surface area contributed by atoms with E-state index in [1.165, 1.54) is 0 Å². The largest absolute Gasteiger partial charge is 0.349 e. The molecule has 4 nitrogen and oxygen atoms in total. The van der Waals surface area contributed by atoms with Crippen molar-refractivity contribution in [1.82, 2.24) is 5.32 Å². The van der Waals surface area contributed by atoms with Gasteiger partial charge in [-0.25, -0.2) is 0 Å². The van der Waals surface area contributed by atoms with Crippen molar-refractivity contribution in [3.8, 4) is 0 Å². The quantitative estimate of drug-likeness (QED) is 0.821. The third kappa shape index (κ3) is 3.83. The standard InChI is InChI=1S/C20H25NO3/c1-19(2,16-9-7-6-8-10-16)21-18(22)15-11-13-17(14-12-15)20(3,23-4)24-5/h6-14H,1-5H3,(H,21,22). The van der Waals surface area contributed by atoms with Gasteiger partial charge in [0.2, 0.25) is 0 Å². The molecule has 0 atom stereocenters. The summed E-state index contributed by atoms with van der Waals surface area (Å²) in [5.41, 5.74) is 2.05. The molecule has 0 radical (unpaired) electrons. The number of hydrogen-bond donors (Lipinski definition) is 1. The highest BCUT2D eigenvalue weighted by Crippen LogP contribution is 2.26. The van der Waals surface area contributed by atoms with Crippen molar-refractivity contribution in [3.05, 3.63) is 71.3 Å². The normalized spacial score (nSPS) is 12.0. The van der Waals surface area contributed by atoms with Crippen LogP contribution >= 0.6 is 0 Å². The van der Waals surface area contributed by atoms with Crippen LogP contribution in [0.15, 0.2) is 54.6 Å². The molecule has 2 rings (SSSR count). The van der Waals surface area contributed by atoms with Crippen LogP contribution in [0.5, 0.6) is 0 Å². The lowest BCUT2D eigenvalue weighted by Crippen LogP contribution is -2.41. The summed E-state index contributed by atoms with van der Waals surface area (Å²) in [6.45, 7) is 5.81. The van der Waals surface area contributed by atoms with E-state index in [1.54, 1.807) is 26.4 Å². The van der Waals surface area contributed by atoms with Crippen LogP contribution in [-0.4, -0.2) is 20.1 Å². The molecule has 0 saturated carbocycles. The van der Waals surface area contributed by atoms with Crippen LogP contribution in [0.3, 0.4) is 0 Å². The van der Waals surface area contributed by atoms with Gasteiger partial charge in [-0.15, -0.1) is 0 Å². The van der Waals surface area contributed by atoms with Crippen molar-refractivity contribution in [2.24, 2.45) is 0 Å². The molecule has 0 aromatic heterocycles. The average Bonchev–Trinajstić information content (AvgIpc) is 2.61. The first kappa shape index (κ1) is 18.2. The van der Waals surface area contributed by atoms with Crippen molar-refractivity contribution in [1.29, 1.82) is 0 Å². The van der Waals surface area contributed by atoms with Gasteiger partial charge < -0.3 is 14.8 Å². The zero-order valence-electron chi connectivity index (χ0n) is 14.9. The summed E-state index contributed by atoms with van der Waals surface area (Å²) in [6.07, 6.45) is 0. The average molecular weight is 327 g/mol. The number of nitrogens with one attached hydrogen (secondary N) is 1. The van der Waals surface area contributed by atoms with Crippen LogP contribution in [0, 0.1) is 0 Å². The van der Waals surface area contributed by atoms with Crippen LogP contribution in [0.25, 0.3) is 0 Å². The third-order valence-electron chi connectivity index (χ3n) is 4.37. The molecule has 0 aliphatic rings. The van der Waals surface area contributed by atoms with Crippen molar-refractivity contribution in [2.75, 3.05) is 14.2 Å².